The maximum atomic E-state index is 10.5. The molecule has 0 saturated carbocycles. The molecule has 0 saturated heterocycles. The molecule has 1 unspecified atom stereocenters. The van der Waals surface area contributed by atoms with Crippen LogP contribution in [0.25, 0.3) is 0 Å². The van der Waals surface area contributed by atoms with Gasteiger partial charge in [-0.1, -0.05) is 0 Å². The molecule has 1 aliphatic heterocycles. The van der Waals surface area contributed by atoms with Gasteiger partial charge in [0.2, 0.25) is 5.91 Å². The average molecular weight is 170 g/mol. The van der Waals surface area contributed by atoms with Crippen LogP contribution in [0.4, 0.5) is 0 Å². The summed E-state index contributed by atoms with van der Waals surface area (Å²) in [6.45, 7) is 0.743. The van der Waals surface area contributed by atoms with Crippen LogP contribution in [0.3, 0.4) is 0 Å². The molecule has 12 heavy (non-hydrogen) atoms. The van der Waals surface area contributed by atoms with Crippen LogP contribution in [-0.4, -0.2) is 18.6 Å². The molecule has 0 fully saturated rings. The van der Waals surface area contributed by atoms with Gasteiger partial charge in [-0.05, 0) is 18.4 Å². The summed E-state index contributed by atoms with van der Waals surface area (Å²) in [6, 6.07) is -0.261. The predicted molar refractivity (Wildman–Crippen MR) is 45.1 cm³/mol. The highest BCUT2D eigenvalue weighted by atomic mass is 16.5. The fourth-order valence-corrected chi connectivity index (χ4v) is 1.21. The third kappa shape index (κ3) is 2.54. The van der Waals surface area contributed by atoms with Crippen molar-refractivity contribution in [1.82, 2.24) is 0 Å². The molecule has 0 aromatic rings. The quantitative estimate of drug-likeness (QED) is 0.620. The third-order valence-electron chi connectivity index (χ3n) is 1.86. The minimum absolute atomic E-state index is 0.204. The number of hydrogen-bond acceptors (Lipinski definition) is 3. The lowest BCUT2D eigenvalue weighted by atomic mass is 10.0. The largest absolute Gasteiger partial charge is 0.501 e. The van der Waals surface area contributed by atoms with E-state index in [1.54, 1.807) is 6.26 Å². The first-order chi connectivity index (χ1) is 5.70. The summed E-state index contributed by atoms with van der Waals surface area (Å²) in [5, 5.41) is 0. The molecule has 4 heteroatoms. The number of carbonyl (C=O) groups is 1. The lowest BCUT2D eigenvalue weighted by Gasteiger charge is -2.18. The van der Waals surface area contributed by atoms with Crippen LogP contribution in [-0.2, 0) is 9.53 Å². The number of rotatable bonds is 3. The highest BCUT2D eigenvalue weighted by molar-refractivity contribution is 5.74. The fourth-order valence-electron chi connectivity index (χ4n) is 1.21. The van der Waals surface area contributed by atoms with Crippen molar-refractivity contribution in [2.24, 2.45) is 11.5 Å². The number of primary amides is 1. The first-order valence-electron chi connectivity index (χ1n) is 4.04. The van der Waals surface area contributed by atoms with Crippen LogP contribution in [0.5, 0.6) is 0 Å². The first kappa shape index (κ1) is 9.06. The molecule has 1 atom stereocenters. The summed E-state index contributed by atoms with van der Waals surface area (Å²) in [5.41, 5.74) is 11.7. The van der Waals surface area contributed by atoms with E-state index < -0.39 is 0 Å². The normalized spacial score (nSPS) is 19.2. The molecule has 0 spiro atoms. The molecular weight excluding hydrogens is 156 g/mol. The number of ether oxygens (including phenoxy) is 1. The Bertz CT molecular complexity index is 201. The molecule has 1 aliphatic rings. The Morgan fingerprint density at radius 2 is 2.50 bits per heavy atom. The molecule has 0 aliphatic carbocycles. The van der Waals surface area contributed by atoms with Crippen molar-refractivity contribution in [3.63, 3.8) is 0 Å². The highest BCUT2D eigenvalue weighted by Crippen LogP contribution is 2.15. The monoisotopic (exact) mass is 170 g/mol. The van der Waals surface area contributed by atoms with Crippen LogP contribution in [0, 0.1) is 0 Å². The van der Waals surface area contributed by atoms with E-state index in [2.05, 4.69) is 0 Å². The summed E-state index contributed by atoms with van der Waals surface area (Å²) in [6.07, 6.45) is 3.74. The van der Waals surface area contributed by atoms with Gasteiger partial charge < -0.3 is 16.2 Å². The van der Waals surface area contributed by atoms with Crippen LogP contribution >= 0.6 is 0 Å². The molecular formula is C8H14N2O2. The van der Waals surface area contributed by atoms with E-state index in [1.165, 1.54) is 0 Å². The molecule has 4 N–H and O–H groups in total. The van der Waals surface area contributed by atoms with Crippen LogP contribution in [0.2, 0.25) is 0 Å². The van der Waals surface area contributed by atoms with Gasteiger partial charge in [-0.3, -0.25) is 4.79 Å². The Morgan fingerprint density at radius 3 is 3.00 bits per heavy atom. The van der Waals surface area contributed by atoms with Crippen molar-refractivity contribution in [3.05, 3.63) is 11.8 Å². The Balaban J connectivity index is 2.44. The number of hydrogen-bond donors (Lipinski definition) is 2. The van der Waals surface area contributed by atoms with E-state index in [0.717, 1.165) is 25.0 Å². The van der Waals surface area contributed by atoms with Crippen LogP contribution in [0.1, 0.15) is 19.3 Å². The molecule has 4 nitrogen and oxygen atoms in total. The third-order valence-corrected chi connectivity index (χ3v) is 1.86. The molecule has 1 amide bonds. The van der Waals surface area contributed by atoms with Crippen molar-refractivity contribution in [1.29, 1.82) is 0 Å². The molecule has 1 rings (SSSR count). The zero-order valence-corrected chi connectivity index (χ0v) is 6.95. The Hall–Kier alpha value is -1.03. The first-order valence-corrected chi connectivity index (χ1v) is 4.04. The molecule has 1 heterocycles. The molecule has 68 valence electrons. The number of carbonyl (C=O) groups excluding carboxylic acids is 1. The zero-order chi connectivity index (χ0) is 8.97. The Morgan fingerprint density at radius 1 is 1.75 bits per heavy atom. The minimum Gasteiger partial charge on any atom is -0.501 e. The van der Waals surface area contributed by atoms with Gasteiger partial charge in [0.25, 0.3) is 0 Å². The topological polar surface area (TPSA) is 78.3 Å². The van der Waals surface area contributed by atoms with Crippen LogP contribution < -0.4 is 11.5 Å². The van der Waals surface area contributed by atoms with Gasteiger partial charge in [0.05, 0.1) is 12.9 Å². The number of amides is 1. The summed E-state index contributed by atoms with van der Waals surface area (Å²) in [5.74, 6) is -0.367. The minimum atomic E-state index is -0.367. The van der Waals surface area contributed by atoms with E-state index in [1.807, 2.05) is 0 Å². The Labute approximate surface area is 71.6 Å². The maximum absolute atomic E-state index is 10.5. The van der Waals surface area contributed by atoms with Gasteiger partial charge in [0.15, 0.2) is 0 Å². The number of nitrogens with two attached hydrogens (primary N) is 2. The van der Waals surface area contributed by atoms with Gasteiger partial charge >= 0.3 is 0 Å². The molecule has 0 bridgehead atoms. The highest BCUT2D eigenvalue weighted by Gasteiger charge is 2.14. The van der Waals surface area contributed by atoms with E-state index >= 15 is 0 Å². The standard InChI is InChI=1S/C8H14N2O2/c9-7(4-8(10)11)6-2-1-3-12-5-6/h5,7H,1-4,9H2,(H2,10,11). The average Bonchev–Trinajstić information content (AvgIpc) is 2.05. The predicted octanol–water partition coefficient (Wildman–Crippen LogP) is -0.117. The van der Waals surface area contributed by atoms with Crippen LogP contribution in [0.15, 0.2) is 11.8 Å². The van der Waals surface area contributed by atoms with Crippen molar-refractivity contribution >= 4 is 5.91 Å². The van der Waals surface area contributed by atoms with Crippen molar-refractivity contribution in [3.8, 4) is 0 Å². The maximum Gasteiger partial charge on any atom is 0.219 e. The van der Waals surface area contributed by atoms with Crippen molar-refractivity contribution in [2.75, 3.05) is 6.61 Å². The smallest absolute Gasteiger partial charge is 0.219 e. The summed E-state index contributed by atoms with van der Waals surface area (Å²) in [4.78, 5) is 10.5. The van der Waals surface area contributed by atoms with Gasteiger partial charge in [-0.2, -0.15) is 0 Å². The SMILES string of the molecule is NC(=O)CC(N)C1=COCCC1. The van der Waals surface area contributed by atoms with Crippen molar-refractivity contribution in [2.45, 2.75) is 25.3 Å². The summed E-state index contributed by atoms with van der Waals surface area (Å²) < 4.78 is 5.09. The second-order valence-corrected chi connectivity index (χ2v) is 2.94. The zero-order valence-electron chi connectivity index (χ0n) is 6.95. The lowest BCUT2D eigenvalue weighted by Crippen LogP contribution is -2.30. The van der Waals surface area contributed by atoms with E-state index in [4.69, 9.17) is 16.2 Å². The summed E-state index contributed by atoms with van der Waals surface area (Å²) >= 11 is 0. The van der Waals surface area contributed by atoms with E-state index in [0.29, 0.717) is 0 Å². The lowest BCUT2D eigenvalue weighted by molar-refractivity contribution is -0.118. The van der Waals surface area contributed by atoms with Crippen molar-refractivity contribution < 1.29 is 9.53 Å². The summed E-state index contributed by atoms with van der Waals surface area (Å²) in [7, 11) is 0. The van der Waals surface area contributed by atoms with E-state index in [-0.39, 0.29) is 18.4 Å². The second-order valence-electron chi connectivity index (χ2n) is 2.94. The second kappa shape index (κ2) is 4.11. The molecule has 0 aromatic carbocycles. The van der Waals surface area contributed by atoms with Gasteiger partial charge in [0, 0.05) is 12.5 Å². The van der Waals surface area contributed by atoms with E-state index in [9.17, 15) is 4.79 Å². The molecule has 0 radical (unpaired) electrons. The fraction of sp³-hybridized carbons (Fsp3) is 0.625. The Kier molecular flexibility index (Phi) is 3.10. The van der Waals surface area contributed by atoms with Gasteiger partial charge in [-0.25, -0.2) is 0 Å². The van der Waals surface area contributed by atoms with Gasteiger partial charge in [-0.15, -0.1) is 0 Å². The van der Waals surface area contributed by atoms with Gasteiger partial charge in [0.1, 0.15) is 0 Å². The molecule has 0 aromatic heterocycles.